The molecule has 2 N–H and O–H groups in total. The minimum atomic E-state index is 0.744. The number of nitrogens with two attached hydrogens (primary N) is 1. The molecule has 0 unspecified atom stereocenters. The molecule has 3 nitrogen and oxygen atoms in total. The Morgan fingerprint density at radius 1 is 1.23 bits per heavy atom. The third kappa shape index (κ3) is 9.34. The molecule has 0 bridgehead atoms. The van der Waals surface area contributed by atoms with Gasteiger partial charge in [-0.25, -0.2) is 0 Å². The van der Waals surface area contributed by atoms with Gasteiger partial charge in [0.25, 0.3) is 0 Å². The Labute approximate surface area is 81.4 Å². The van der Waals surface area contributed by atoms with Crippen molar-refractivity contribution < 1.29 is 4.74 Å². The number of rotatable bonds is 8. The van der Waals surface area contributed by atoms with E-state index in [4.69, 9.17) is 10.5 Å². The number of unbranched alkanes of at least 4 members (excludes halogenated alkanes) is 1. The van der Waals surface area contributed by atoms with Crippen LogP contribution in [0.5, 0.6) is 0 Å². The lowest BCUT2D eigenvalue weighted by atomic mass is 10.4. The van der Waals surface area contributed by atoms with Crippen LogP contribution in [-0.2, 0) is 4.74 Å². The Morgan fingerprint density at radius 2 is 1.92 bits per heavy atom. The topological polar surface area (TPSA) is 47.6 Å². The average Bonchev–Trinajstić information content (AvgIpc) is 2.16. The van der Waals surface area contributed by atoms with Gasteiger partial charge in [-0.05, 0) is 12.8 Å². The molecule has 0 aliphatic rings. The van der Waals surface area contributed by atoms with Gasteiger partial charge in [0.1, 0.15) is 0 Å². The highest BCUT2D eigenvalue weighted by atomic mass is 16.5. The van der Waals surface area contributed by atoms with Gasteiger partial charge in [-0.1, -0.05) is 20.3 Å². The molecule has 0 saturated heterocycles. The third-order valence-electron chi connectivity index (χ3n) is 1.77. The lowest BCUT2D eigenvalue weighted by Gasteiger charge is -2.01. The van der Waals surface area contributed by atoms with Crippen LogP contribution in [0.25, 0.3) is 0 Å². The van der Waals surface area contributed by atoms with Gasteiger partial charge in [0, 0.05) is 26.2 Å². The summed E-state index contributed by atoms with van der Waals surface area (Å²) < 4.78 is 5.38. The number of aliphatic imine (C=N–C) groups is 1. The van der Waals surface area contributed by atoms with Crippen molar-refractivity contribution in [1.29, 1.82) is 0 Å². The van der Waals surface area contributed by atoms with Gasteiger partial charge in [-0.3, -0.25) is 4.99 Å². The highest BCUT2D eigenvalue weighted by molar-refractivity contribution is 5.79. The number of hydrogen-bond donors (Lipinski definition) is 1. The molecule has 0 rings (SSSR count). The van der Waals surface area contributed by atoms with E-state index in [9.17, 15) is 0 Å². The third-order valence-corrected chi connectivity index (χ3v) is 1.77. The minimum Gasteiger partial charge on any atom is -0.387 e. The number of nitrogens with zero attached hydrogens (tertiary/aromatic N) is 1. The van der Waals surface area contributed by atoms with E-state index in [0.29, 0.717) is 0 Å². The molecule has 13 heavy (non-hydrogen) atoms. The first-order valence-electron chi connectivity index (χ1n) is 5.17. The molecule has 0 heterocycles. The first-order chi connectivity index (χ1) is 6.31. The molecule has 0 atom stereocenters. The maximum atomic E-state index is 5.54. The lowest BCUT2D eigenvalue weighted by molar-refractivity contribution is 0.130. The second-order valence-corrected chi connectivity index (χ2v) is 3.05. The predicted octanol–water partition coefficient (Wildman–Crippen LogP) is 1.96. The van der Waals surface area contributed by atoms with E-state index in [1.54, 1.807) is 0 Å². The van der Waals surface area contributed by atoms with Crippen molar-refractivity contribution in [3.8, 4) is 0 Å². The van der Waals surface area contributed by atoms with Crippen molar-refractivity contribution in [3.63, 3.8) is 0 Å². The van der Waals surface area contributed by atoms with E-state index in [0.717, 1.165) is 44.9 Å². The summed E-state index contributed by atoms with van der Waals surface area (Å²) in [5.74, 6) is 0.744. The van der Waals surface area contributed by atoms with Crippen LogP contribution >= 0.6 is 0 Å². The van der Waals surface area contributed by atoms with Crippen LogP contribution < -0.4 is 5.73 Å². The Morgan fingerprint density at radius 3 is 2.54 bits per heavy atom. The second kappa shape index (κ2) is 9.52. The monoisotopic (exact) mass is 186 g/mol. The van der Waals surface area contributed by atoms with E-state index < -0.39 is 0 Å². The van der Waals surface area contributed by atoms with Gasteiger partial charge < -0.3 is 10.5 Å². The zero-order valence-corrected chi connectivity index (χ0v) is 8.88. The van der Waals surface area contributed by atoms with Crippen LogP contribution in [0.2, 0.25) is 0 Å². The SMILES string of the molecule is CCCCOCCCN=C(N)CC. The second-order valence-electron chi connectivity index (χ2n) is 3.05. The molecule has 0 aromatic heterocycles. The standard InChI is InChI=1S/C10H22N2O/c1-3-5-8-13-9-6-7-12-10(11)4-2/h3-9H2,1-2H3,(H2,11,12). The normalized spacial score (nSPS) is 12.0. The molecule has 0 spiro atoms. The van der Waals surface area contributed by atoms with Gasteiger partial charge in [0.15, 0.2) is 0 Å². The van der Waals surface area contributed by atoms with E-state index in [-0.39, 0.29) is 0 Å². The van der Waals surface area contributed by atoms with Gasteiger partial charge in [-0.15, -0.1) is 0 Å². The van der Waals surface area contributed by atoms with Crippen molar-refractivity contribution in [3.05, 3.63) is 0 Å². The van der Waals surface area contributed by atoms with Crippen molar-refractivity contribution in [1.82, 2.24) is 0 Å². The van der Waals surface area contributed by atoms with Crippen molar-refractivity contribution in [2.75, 3.05) is 19.8 Å². The Bertz CT molecular complexity index is 135. The molecular weight excluding hydrogens is 164 g/mol. The number of amidine groups is 1. The highest BCUT2D eigenvalue weighted by Crippen LogP contribution is 1.90. The van der Waals surface area contributed by atoms with Crippen LogP contribution in [0.15, 0.2) is 4.99 Å². The predicted molar refractivity (Wildman–Crippen MR) is 57.1 cm³/mol. The Kier molecular flexibility index (Phi) is 9.10. The fourth-order valence-electron chi connectivity index (χ4n) is 0.850. The molecule has 0 aromatic carbocycles. The maximum absolute atomic E-state index is 5.54. The summed E-state index contributed by atoms with van der Waals surface area (Å²) in [5.41, 5.74) is 5.54. The molecule has 0 saturated carbocycles. The summed E-state index contributed by atoms with van der Waals surface area (Å²) >= 11 is 0. The maximum Gasteiger partial charge on any atom is 0.0934 e. The quantitative estimate of drug-likeness (QED) is 0.358. The van der Waals surface area contributed by atoms with E-state index in [1.807, 2.05) is 6.92 Å². The van der Waals surface area contributed by atoms with Gasteiger partial charge in [0.05, 0.1) is 5.84 Å². The first kappa shape index (κ1) is 12.4. The van der Waals surface area contributed by atoms with Crippen LogP contribution in [0.4, 0.5) is 0 Å². The van der Waals surface area contributed by atoms with Crippen molar-refractivity contribution >= 4 is 5.84 Å². The van der Waals surface area contributed by atoms with Crippen LogP contribution in [0, 0.1) is 0 Å². The first-order valence-corrected chi connectivity index (χ1v) is 5.17. The van der Waals surface area contributed by atoms with Crippen LogP contribution in [0.1, 0.15) is 39.5 Å². The highest BCUT2D eigenvalue weighted by Gasteiger charge is 1.89. The fourth-order valence-corrected chi connectivity index (χ4v) is 0.850. The van der Waals surface area contributed by atoms with E-state index >= 15 is 0 Å². The number of ether oxygens (including phenoxy) is 1. The minimum absolute atomic E-state index is 0.744. The Hall–Kier alpha value is -0.570. The van der Waals surface area contributed by atoms with Gasteiger partial charge in [0.2, 0.25) is 0 Å². The van der Waals surface area contributed by atoms with Crippen molar-refractivity contribution in [2.45, 2.75) is 39.5 Å². The largest absolute Gasteiger partial charge is 0.387 e. The van der Waals surface area contributed by atoms with Gasteiger partial charge in [-0.2, -0.15) is 0 Å². The molecule has 78 valence electrons. The summed E-state index contributed by atoms with van der Waals surface area (Å²) in [6.07, 6.45) is 4.17. The molecule has 3 heteroatoms. The summed E-state index contributed by atoms with van der Waals surface area (Å²) in [7, 11) is 0. The molecule has 0 radical (unpaired) electrons. The molecule has 0 aliphatic carbocycles. The van der Waals surface area contributed by atoms with Crippen LogP contribution in [-0.4, -0.2) is 25.6 Å². The smallest absolute Gasteiger partial charge is 0.0934 e. The molecular formula is C10H22N2O. The molecule has 0 fully saturated rings. The molecule has 0 aromatic rings. The zero-order valence-electron chi connectivity index (χ0n) is 8.88. The summed E-state index contributed by atoms with van der Waals surface area (Å²) in [6.45, 7) is 6.65. The summed E-state index contributed by atoms with van der Waals surface area (Å²) in [5, 5.41) is 0. The molecule has 0 amide bonds. The average molecular weight is 186 g/mol. The van der Waals surface area contributed by atoms with E-state index in [1.165, 1.54) is 6.42 Å². The lowest BCUT2D eigenvalue weighted by Crippen LogP contribution is -2.10. The number of hydrogen-bond acceptors (Lipinski definition) is 2. The summed E-state index contributed by atoms with van der Waals surface area (Å²) in [6, 6.07) is 0. The van der Waals surface area contributed by atoms with Crippen molar-refractivity contribution in [2.24, 2.45) is 10.7 Å². The van der Waals surface area contributed by atoms with E-state index in [2.05, 4.69) is 11.9 Å². The molecule has 0 aliphatic heterocycles. The fraction of sp³-hybridized carbons (Fsp3) is 0.900. The Balaban J connectivity index is 3.08. The summed E-state index contributed by atoms with van der Waals surface area (Å²) in [4.78, 5) is 4.17. The zero-order chi connectivity index (χ0) is 9.94. The van der Waals surface area contributed by atoms with Gasteiger partial charge >= 0.3 is 0 Å². The van der Waals surface area contributed by atoms with Crippen LogP contribution in [0.3, 0.4) is 0 Å².